The summed E-state index contributed by atoms with van der Waals surface area (Å²) in [5.41, 5.74) is 0. The minimum absolute atomic E-state index is 0.216. The van der Waals surface area contributed by atoms with Crippen molar-refractivity contribution in [2.24, 2.45) is 0 Å². The zero-order valence-electron chi connectivity index (χ0n) is 6.05. The van der Waals surface area contributed by atoms with Crippen LogP contribution in [0, 0.1) is 0 Å². The Morgan fingerprint density at radius 2 is 2.50 bits per heavy atom. The largest absolute Gasteiger partial charge is 0.496 e. The Hall–Kier alpha value is -0.540. The van der Waals surface area contributed by atoms with Gasteiger partial charge in [0.2, 0.25) is 0 Å². The molecule has 1 N–H and O–H groups in total. The van der Waals surface area contributed by atoms with Gasteiger partial charge in [0.25, 0.3) is 0 Å². The molecule has 1 heterocycles. The van der Waals surface area contributed by atoms with Crippen molar-refractivity contribution in [1.29, 1.82) is 0 Å². The van der Waals surface area contributed by atoms with Gasteiger partial charge in [-0.1, -0.05) is 6.58 Å². The van der Waals surface area contributed by atoms with Crippen molar-refractivity contribution < 1.29 is 9.84 Å². The minimum atomic E-state index is 0.216. The second-order valence-electron chi connectivity index (χ2n) is 2.39. The maximum absolute atomic E-state index is 8.59. The van der Waals surface area contributed by atoms with E-state index in [1.807, 2.05) is 0 Å². The predicted molar refractivity (Wildman–Crippen MR) is 38.6 cm³/mol. The number of hydrogen-bond donors (Lipinski definition) is 1. The third-order valence-electron chi connectivity index (χ3n) is 1.53. The standard InChI is InChI=1S/C7H13NO2/c1-7-6-8(2-4-9)3-5-10-7/h9H,1-6H2. The molecule has 3 heteroatoms. The fourth-order valence-electron chi connectivity index (χ4n) is 1.03. The number of β-amino-alcohol motifs (C(OH)–C–C–N with tert-alkyl or cyclic N) is 1. The fraction of sp³-hybridized carbons (Fsp3) is 0.714. The molecule has 0 aromatic carbocycles. The Morgan fingerprint density at radius 1 is 1.70 bits per heavy atom. The van der Waals surface area contributed by atoms with Gasteiger partial charge in [0, 0.05) is 13.1 Å². The number of morpholine rings is 1. The molecule has 0 radical (unpaired) electrons. The average Bonchev–Trinajstić information content (AvgIpc) is 1.88. The van der Waals surface area contributed by atoms with Crippen molar-refractivity contribution in [3.63, 3.8) is 0 Å². The normalized spacial score (nSPS) is 20.7. The van der Waals surface area contributed by atoms with Crippen LogP contribution in [-0.4, -0.2) is 42.9 Å². The van der Waals surface area contributed by atoms with E-state index in [0.29, 0.717) is 6.61 Å². The number of ether oxygens (including phenoxy) is 1. The number of aliphatic hydroxyl groups is 1. The van der Waals surface area contributed by atoms with Crippen molar-refractivity contribution in [3.8, 4) is 0 Å². The number of rotatable bonds is 2. The summed E-state index contributed by atoms with van der Waals surface area (Å²) in [6.45, 7) is 7.02. The highest BCUT2D eigenvalue weighted by molar-refractivity contribution is 4.89. The minimum Gasteiger partial charge on any atom is -0.496 e. The summed E-state index contributed by atoms with van der Waals surface area (Å²) in [6, 6.07) is 0. The monoisotopic (exact) mass is 143 g/mol. The van der Waals surface area contributed by atoms with Gasteiger partial charge in [-0.15, -0.1) is 0 Å². The Bertz CT molecular complexity index is 123. The van der Waals surface area contributed by atoms with Crippen LogP contribution in [0.1, 0.15) is 0 Å². The molecule has 1 aliphatic heterocycles. The molecule has 1 saturated heterocycles. The molecule has 0 unspecified atom stereocenters. The zero-order valence-corrected chi connectivity index (χ0v) is 6.05. The topological polar surface area (TPSA) is 32.7 Å². The number of aliphatic hydroxyl groups excluding tert-OH is 1. The summed E-state index contributed by atoms with van der Waals surface area (Å²) >= 11 is 0. The predicted octanol–water partition coefficient (Wildman–Crippen LogP) is -0.175. The van der Waals surface area contributed by atoms with Crippen LogP contribution < -0.4 is 0 Å². The lowest BCUT2D eigenvalue weighted by Crippen LogP contribution is -2.36. The van der Waals surface area contributed by atoms with Gasteiger partial charge in [-0.2, -0.15) is 0 Å². The van der Waals surface area contributed by atoms with Crippen molar-refractivity contribution in [1.82, 2.24) is 4.90 Å². The molecule has 0 aromatic rings. The van der Waals surface area contributed by atoms with E-state index in [1.54, 1.807) is 0 Å². The van der Waals surface area contributed by atoms with Gasteiger partial charge in [0.1, 0.15) is 12.4 Å². The molecule has 0 aliphatic carbocycles. The van der Waals surface area contributed by atoms with Gasteiger partial charge >= 0.3 is 0 Å². The highest BCUT2D eigenvalue weighted by Crippen LogP contribution is 2.04. The first-order valence-corrected chi connectivity index (χ1v) is 3.46. The van der Waals surface area contributed by atoms with Gasteiger partial charge in [-0.05, 0) is 0 Å². The lowest BCUT2D eigenvalue weighted by atomic mass is 10.4. The second kappa shape index (κ2) is 3.58. The Balaban J connectivity index is 2.25. The Kier molecular flexibility index (Phi) is 2.71. The van der Waals surface area contributed by atoms with Crippen molar-refractivity contribution >= 4 is 0 Å². The summed E-state index contributed by atoms with van der Waals surface area (Å²) in [6.07, 6.45) is 0. The van der Waals surface area contributed by atoms with E-state index in [4.69, 9.17) is 9.84 Å². The SMILES string of the molecule is C=C1CN(CCO)CCO1. The molecule has 1 rings (SSSR count). The zero-order chi connectivity index (χ0) is 7.40. The van der Waals surface area contributed by atoms with Gasteiger partial charge in [-0.3, -0.25) is 4.90 Å². The Morgan fingerprint density at radius 3 is 3.10 bits per heavy atom. The van der Waals surface area contributed by atoms with E-state index < -0.39 is 0 Å². The lowest BCUT2D eigenvalue weighted by Gasteiger charge is -2.27. The van der Waals surface area contributed by atoms with Crippen LogP contribution in [0.25, 0.3) is 0 Å². The first-order valence-electron chi connectivity index (χ1n) is 3.46. The van der Waals surface area contributed by atoms with Crippen LogP contribution >= 0.6 is 0 Å². The lowest BCUT2D eigenvalue weighted by molar-refractivity contribution is 0.0825. The van der Waals surface area contributed by atoms with E-state index in [-0.39, 0.29) is 6.61 Å². The van der Waals surface area contributed by atoms with Crippen LogP contribution in [0.15, 0.2) is 12.3 Å². The highest BCUT2D eigenvalue weighted by atomic mass is 16.5. The van der Waals surface area contributed by atoms with E-state index in [0.717, 1.165) is 25.4 Å². The molecule has 0 atom stereocenters. The van der Waals surface area contributed by atoms with E-state index in [1.165, 1.54) is 0 Å². The summed E-state index contributed by atoms with van der Waals surface area (Å²) in [4.78, 5) is 2.12. The molecule has 1 aliphatic rings. The van der Waals surface area contributed by atoms with Crippen LogP contribution in [0.2, 0.25) is 0 Å². The molecule has 58 valence electrons. The quantitative estimate of drug-likeness (QED) is 0.582. The molecular formula is C7H13NO2. The number of hydrogen-bond acceptors (Lipinski definition) is 3. The molecule has 0 aromatic heterocycles. The van der Waals surface area contributed by atoms with E-state index in [9.17, 15) is 0 Å². The van der Waals surface area contributed by atoms with Crippen molar-refractivity contribution in [3.05, 3.63) is 12.3 Å². The molecule has 3 nitrogen and oxygen atoms in total. The summed E-state index contributed by atoms with van der Waals surface area (Å²) in [5, 5.41) is 8.59. The summed E-state index contributed by atoms with van der Waals surface area (Å²) in [5.74, 6) is 0.805. The fourth-order valence-corrected chi connectivity index (χ4v) is 1.03. The van der Waals surface area contributed by atoms with E-state index in [2.05, 4.69) is 11.5 Å². The van der Waals surface area contributed by atoms with Crippen LogP contribution in [0.4, 0.5) is 0 Å². The van der Waals surface area contributed by atoms with Gasteiger partial charge < -0.3 is 9.84 Å². The molecule has 1 fully saturated rings. The third-order valence-corrected chi connectivity index (χ3v) is 1.53. The number of nitrogens with zero attached hydrogens (tertiary/aromatic N) is 1. The molecule has 0 spiro atoms. The van der Waals surface area contributed by atoms with Crippen LogP contribution in [0.5, 0.6) is 0 Å². The summed E-state index contributed by atoms with van der Waals surface area (Å²) in [7, 11) is 0. The molecular weight excluding hydrogens is 130 g/mol. The average molecular weight is 143 g/mol. The first-order chi connectivity index (χ1) is 4.83. The molecule has 0 bridgehead atoms. The Labute approximate surface area is 60.9 Å². The van der Waals surface area contributed by atoms with Crippen molar-refractivity contribution in [2.75, 3.05) is 32.8 Å². The smallest absolute Gasteiger partial charge is 0.103 e. The maximum atomic E-state index is 8.59. The van der Waals surface area contributed by atoms with Gasteiger partial charge in [0.05, 0.1) is 13.2 Å². The van der Waals surface area contributed by atoms with Gasteiger partial charge in [0.15, 0.2) is 0 Å². The first kappa shape index (κ1) is 7.57. The molecule has 0 amide bonds. The van der Waals surface area contributed by atoms with E-state index >= 15 is 0 Å². The second-order valence-corrected chi connectivity index (χ2v) is 2.39. The highest BCUT2D eigenvalue weighted by Gasteiger charge is 2.11. The van der Waals surface area contributed by atoms with Gasteiger partial charge in [-0.25, -0.2) is 0 Å². The maximum Gasteiger partial charge on any atom is 0.103 e. The summed E-state index contributed by atoms with van der Waals surface area (Å²) < 4.78 is 5.14. The van der Waals surface area contributed by atoms with Crippen LogP contribution in [-0.2, 0) is 4.74 Å². The van der Waals surface area contributed by atoms with Crippen molar-refractivity contribution in [2.45, 2.75) is 0 Å². The molecule has 10 heavy (non-hydrogen) atoms. The molecule has 0 saturated carbocycles. The van der Waals surface area contributed by atoms with Crippen LogP contribution in [0.3, 0.4) is 0 Å². The third kappa shape index (κ3) is 2.01.